The van der Waals surface area contributed by atoms with E-state index in [1.54, 1.807) is 31.3 Å². The van der Waals surface area contributed by atoms with Gasteiger partial charge in [-0.2, -0.15) is 13.2 Å². The molecule has 0 bridgehead atoms. The van der Waals surface area contributed by atoms with E-state index < -0.39 is 76.3 Å². The van der Waals surface area contributed by atoms with Gasteiger partial charge in [-0.3, -0.25) is 19.3 Å². The first-order chi connectivity index (χ1) is 22.6. The van der Waals surface area contributed by atoms with E-state index in [0.717, 1.165) is 12.7 Å². The van der Waals surface area contributed by atoms with E-state index in [9.17, 15) is 41.1 Å². The summed E-state index contributed by atoms with van der Waals surface area (Å²) in [6.07, 6.45) is -5.85. The molecule has 1 N–H and O–H groups in total. The van der Waals surface area contributed by atoms with Gasteiger partial charge in [0.2, 0.25) is 5.91 Å². The van der Waals surface area contributed by atoms with Gasteiger partial charge in [-0.1, -0.05) is 42.5 Å². The maximum Gasteiger partial charge on any atom is 0.422 e. The summed E-state index contributed by atoms with van der Waals surface area (Å²) >= 11 is 0. The molecule has 1 aliphatic heterocycles. The van der Waals surface area contributed by atoms with Crippen molar-refractivity contribution >= 4 is 29.4 Å². The van der Waals surface area contributed by atoms with Gasteiger partial charge in [-0.25, -0.2) is 22.4 Å². The minimum atomic E-state index is -5.85. The fourth-order valence-corrected chi connectivity index (χ4v) is 5.56. The molecule has 14 heteroatoms. The van der Waals surface area contributed by atoms with E-state index in [2.05, 4.69) is 0 Å². The zero-order chi connectivity index (χ0) is 35.2. The summed E-state index contributed by atoms with van der Waals surface area (Å²) in [5.41, 5.74) is -3.33. The van der Waals surface area contributed by atoms with E-state index in [-0.39, 0.29) is 27.8 Å². The van der Waals surface area contributed by atoms with Crippen molar-refractivity contribution in [3.05, 3.63) is 135 Å². The Labute approximate surface area is 267 Å². The minimum Gasteiger partial charge on any atom is -0.465 e. The van der Waals surface area contributed by atoms with Crippen LogP contribution in [-0.4, -0.2) is 41.7 Å². The number of carbonyl (C=O) groups is 4. The highest BCUT2D eigenvalue weighted by atomic mass is 19.4. The predicted molar refractivity (Wildman–Crippen MR) is 156 cm³/mol. The number of rotatable bonds is 7. The van der Waals surface area contributed by atoms with Crippen LogP contribution in [0.25, 0.3) is 0 Å². The highest BCUT2D eigenvalue weighted by Crippen LogP contribution is 2.41. The molecule has 0 radical (unpaired) electrons. The molecule has 0 saturated carbocycles. The van der Waals surface area contributed by atoms with Gasteiger partial charge in [0.15, 0.2) is 23.3 Å². The van der Waals surface area contributed by atoms with Crippen LogP contribution in [0.5, 0.6) is 0 Å². The maximum atomic E-state index is 15.0. The summed E-state index contributed by atoms with van der Waals surface area (Å²) < 4.78 is 104. The number of nitrogens with one attached hydrogen (secondary N) is 1. The summed E-state index contributed by atoms with van der Waals surface area (Å²) in [4.78, 5) is 54.7. The number of benzene rings is 4. The Bertz CT molecular complexity index is 1950. The number of nitrogens with zero attached hydrogens (tertiary/aromatic N) is 1. The van der Waals surface area contributed by atoms with Gasteiger partial charge in [0.25, 0.3) is 11.8 Å². The van der Waals surface area contributed by atoms with E-state index in [1.807, 2.05) is 0 Å². The summed E-state index contributed by atoms with van der Waals surface area (Å²) in [6.45, 7) is 3.47. The Morgan fingerprint density at radius 2 is 1.31 bits per heavy atom. The molecule has 1 heterocycles. The number of aryl methyl sites for hydroxylation is 2. The van der Waals surface area contributed by atoms with Crippen molar-refractivity contribution in [3.63, 3.8) is 0 Å². The molecule has 248 valence electrons. The van der Waals surface area contributed by atoms with E-state index in [4.69, 9.17) is 4.74 Å². The number of esters is 1. The Kier molecular flexibility index (Phi) is 8.87. The maximum absolute atomic E-state index is 15.0. The molecule has 0 aromatic heterocycles. The molecule has 0 saturated heterocycles. The van der Waals surface area contributed by atoms with Crippen molar-refractivity contribution in [2.24, 2.45) is 0 Å². The Morgan fingerprint density at radius 3 is 1.83 bits per heavy atom. The Balaban J connectivity index is 1.77. The molecule has 4 aromatic rings. The third kappa shape index (κ3) is 5.78. The average molecular weight is 673 g/mol. The van der Waals surface area contributed by atoms with Crippen molar-refractivity contribution in [3.8, 4) is 0 Å². The third-order valence-electron chi connectivity index (χ3n) is 8.04. The summed E-state index contributed by atoms with van der Waals surface area (Å²) in [5, 5.41) is 1.60. The number of anilines is 1. The fourth-order valence-electron chi connectivity index (χ4n) is 5.56. The normalized spacial score (nSPS) is 14.1. The van der Waals surface area contributed by atoms with Gasteiger partial charge in [0, 0.05) is 5.92 Å². The van der Waals surface area contributed by atoms with Crippen LogP contribution in [0, 0.1) is 37.1 Å². The molecule has 7 nitrogen and oxygen atoms in total. The Hall–Kier alpha value is -5.53. The van der Waals surface area contributed by atoms with Gasteiger partial charge in [0.05, 0.1) is 23.8 Å². The topological polar surface area (TPSA) is 92.8 Å². The number of methoxy groups -OCH3 is 1. The van der Waals surface area contributed by atoms with Gasteiger partial charge >= 0.3 is 12.1 Å². The van der Waals surface area contributed by atoms with Crippen molar-refractivity contribution in [1.82, 2.24) is 4.90 Å². The molecule has 0 fully saturated rings. The second-order valence-corrected chi connectivity index (χ2v) is 10.9. The van der Waals surface area contributed by atoms with Crippen LogP contribution in [0.15, 0.2) is 66.7 Å². The molecule has 48 heavy (non-hydrogen) atoms. The molecular weight excluding hydrogens is 649 g/mol. The van der Waals surface area contributed by atoms with Crippen LogP contribution in [0.4, 0.5) is 36.4 Å². The molecule has 0 aliphatic carbocycles. The number of carbonyl (C=O) groups excluding carboxylic acids is 4. The van der Waals surface area contributed by atoms with Crippen LogP contribution in [-0.2, 0) is 15.7 Å². The summed E-state index contributed by atoms with van der Waals surface area (Å²) in [6, 6.07) is 13.5. The van der Waals surface area contributed by atoms with E-state index in [0.29, 0.717) is 10.5 Å². The SMILES string of the molecule is COC(=O)c1cccc([C@H](c2ccc(C)c(C)c2)[C@@H](C(=O)Nc2c(F)c(F)c(C(F)(F)F)c(F)c2F)N2C(=O)c3ccccc3C2=O)c1. The highest BCUT2D eigenvalue weighted by Gasteiger charge is 2.48. The molecule has 0 spiro atoms. The van der Waals surface area contributed by atoms with E-state index in [1.165, 1.54) is 54.6 Å². The van der Waals surface area contributed by atoms with Crippen molar-refractivity contribution < 1.29 is 54.6 Å². The zero-order valence-corrected chi connectivity index (χ0v) is 25.1. The average Bonchev–Trinajstić information content (AvgIpc) is 3.30. The van der Waals surface area contributed by atoms with Crippen LogP contribution in [0.1, 0.15) is 64.8 Å². The number of hydrogen-bond acceptors (Lipinski definition) is 5. The lowest BCUT2D eigenvalue weighted by Crippen LogP contribution is -2.51. The predicted octanol–water partition coefficient (Wildman–Crippen LogP) is 7.10. The number of amides is 3. The molecule has 5 rings (SSSR count). The number of alkyl halides is 3. The number of hydrogen-bond donors (Lipinski definition) is 1. The molecular formula is C34H23F7N2O5. The molecule has 0 unspecified atom stereocenters. The second kappa shape index (κ2) is 12.6. The molecule has 1 aliphatic rings. The molecule has 2 atom stereocenters. The van der Waals surface area contributed by atoms with E-state index >= 15 is 8.78 Å². The standard InChI is InChI=1S/C34H23F7N2O5/c1-15-11-12-18(13-16(15)2)22(17-7-6-8-19(14-17)33(47)48-3)29(43-31(45)20-9-4-5-10-21(20)32(43)46)30(44)42-28-26(37)24(35)23(34(39,40)41)25(36)27(28)38/h4-14,22,29H,1-3H3,(H,42,44)/t22-,29+/m1/s1. The number of fused-ring (bicyclic) bond motifs is 1. The quantitative estimate of drug-likeness (QED) is 0.0979. The van der Waals surface area contributed by atoms with Gasteiger partial charge < -0.3 is 10.1 Å². The first-order valence-electron chi connectivity index (χ1n) is 14.0. The first kappa shape index (κ1) is 33.8. The van der Waals surface area contributed by atoms with Crippen LogP contribution >= 0.6 is 0 Å². The largest absolute Gasteiger partial charge is 0.465 e. The van der Waals surface area contributed by atoms with Crippen molar-refractivity contribution in [2.75, 3.05) is 12.4 Å². The highest BCUT2D eigenvalue weighted by molar-refractivity contribution is 6.23. The Morgan fingerprint density at radius 1 is 0.750 bits per heavy atom. The monoisotopic (exact) mass is 672 g/mol. The van der Waals surface area contributed by atoms with Gasteiger partial charge in [-0.05, 0) is 60.4 Å². The van der Waals surface area contributed by atoms with Crippen LogP contribution < -0.4 is 5.32 Å². The summed E-state index contributed by atoms with van der Waals surface area (Å²) in [7, 11) is 1.11. The number of ether oxygens (including phenoxy) is 1. The smallest absolute Gasteiger partial charge is 0.422 e. The molecule has 4 aromatic carbocycles. The van der Waals surface area contributed by atoms with Crippen LogP contribution in [0.3, 0.4) is 0 Å². The lowest BCUT2D eigenvalue weighted by atomic mass is 9.82. The van der Waals surface area contributed by atoms with Crippen LogP contribution in [0.2, 0.25) is 0 Å². The van der Waals surface area contributed by atoms with Gasteiger partial charge in [0.1, 0.15) is 17.3 Å². The number of halogens is 7. The van der Waals surface area contributed by atoms with Gasteiger partial charge in [-0.15, -0.1) is 0 Å². The molecule has 3 amide bonds. The van der Waals surface area contributed by atoms with Crippen molar-refractivity contribution in [1.29, 1.82) is 0 Å². The van der Waals surface area contributed by atoms with Crippen molar-refractivity contribution in [2.45, 2.75) is 32.0 Å². The summed E-state index contributed by atoms with van der Waals surface area (Å²) in [5.74, 6) is -16.7. The first-order valence-corrected chi connectivity index (χ1v) is 14.0. The number of imide groups is 1. The second-order valence-electron chi connectivity index (χ2n) is 10.9. The third-order valence-corrected chi connectivity index (χ3v) is 8.04. The minimum absolute atomic E-state index is 0.0330. The lowest BCUT2D eigenvalue weighted by Gasteiger charge is -2.33. The lowest BCUT2D eigenvalue weighted by molar-refractivity contribution is -0.143. The fraction of sp³-hybridized carbons (Fsp3) is 0.176. The zero-order valence-electron chi connectivity index (χ0n) is 25.1.